The van der Waals surface area contributed by atoms with Crippen molar-refractivity contribution in [2.24, 2.45) is 0 Å². The van der Waals surface area contributed by atoms with Crippen molar-refractivity contribution >= 4 is 5.97 Å². The van der Waals surface area contributed by atoms with Crippen LogP contribution in [0, 0.1) is 0 Å². The minimum Gasteiger partial charge on any atom is -0.504 e. The van der Waals surface area contributed by atoms with Gasteiger partial charge in [-0.15, -0.1) is 0 Å². The van der Waals surface area contributed by atoms with Gasteiger partial charge in [0.15, 0.2) is 0 Å². The fraction of sp³-hybridized carbons (Fsp3) is 0.286. The summed E-state index contributed by atoms with van der Waals surface area (Å²) in [5.74, 6) is -0.374. The topological polar surface area (TPSA) is 35.5 Å². The second-order valence-electron chi connectivity index (χ2n) is 1.45. The minimum absolute atomic E-state index is 0.374. The molecule has 0 rings (SSSR count). The molecule has 0 bridgehead atoms. The van der Waals surface area contributed by atoms with Crippen molar-refractivity contribution in [3.05, 3.63) is 24.5 Å². The molecule has 0 saturated carbocycles. The molecule has 56 valence electrons. The summed E-state index contributed by atoms with van der Waals surface area (Å²) in [6, 6.07) is 0. The Bertz CT molecular complexity index is 147. The van der Waals surface area contributed by atoms with Crippen LogP contribution in [0.1, 0.15) is 0 Å². The molecule has 0 saturated heterocycles. The minimum atomic E-state index is -0.374. The van der Waals surface area contributed by atoms with Crippen molar-refractivity contribution in [3.63, 3.8) is 0 Å². The fourth-order valence-electron chi connectivity index (χ4n) is 0.326. The van der Waals surface area contributed by atoms with Crippen LogP contribution in [0.25, 0.3) is 0 Å². The molecule has 3 heteroatoms. The summed E-state index contributed by atoms with van der Waals surface area (Å²) in [6.45, 7) is 0. The van der Waals surface area contributed by atoms with Gasteiger partial charge in [-0.1, -0.05) is 6.08 Å². The van der Waals surface area contributed by atoms with E-state index in [1.807, 2.05) is 0 Å². The average Bonchev–Trinajstić information content (AvgIpc) is 1.98. The number of ether oxygens (including phenoxy) is 2. The third-order valence-electron chi connectivity index (χ3n) is 0.759. The van der Waals surface area contributed by atoms with Gasteiger partial charge in [0.1, 0.15) is 0 Å². The largest absolute Gasteiger partial charge is 0.504 e. The summed E-state index contributed by atoms with van der Waals surface area (Å²) in [5, 5.41) is 0. The fourth-order valence-corrected chi connectivity index (χ4v) is 0.326. The van der Waals surface area contributed by atoms with Crippen LogP contribution in [0.4, 0.5) is 0 Å². The van der Waals surface area contributed by atoms with E-state index in [1.165, 1.54) is 32.6 Å². The van der Waals surface area contributed by atoms with Gasteiger partial charge in [-0.2, -0.15) is 0 Å². The molecule has 0 heterocycles. The highest BCUT2D eigenvalue weighted by atomic mass is 16.5. The number of hydrogen-bond donors (Lipinski definition) is 0. The molecule has 0 spiro atoms. The van der Waals surface area contributed by atoms with Crippen LogP contribution in [0.2, 0.25) is 0 Å². The molecule has 0 unspecified atom stereocenters. The molecule has 0 fully saturated rings. The van der Waals surface area contributed by atoms with E-state index < -0.39 is 0 Å². The lowest BCUT2D eigenvalue weighted by Gasteiger charge is -1.86. The summed E-state index contributed by atoms with van der Waals surface area (Å²) in [7, 11) is 2.86. The Labute approximate surface area is 59.9 Å². The third-order valence-corrected chi connectivity index (χ3v) is 0.759. The maximum atomic E-state index is 10.4. The van der Waals surface area contributed by atoms with Gasteiger partial charge < -0.3 is 9.47 Å². The highest BCUT2D eigenvalue weighted by Crippen LogP contribution is 1.80. The van der Waals surface area contributed by atoms with Crippen molar-refractivity contribution in [2.45, 2.75) is 0 Å². The van der Waals surface area contributed by atoms with E-state index in [2.05, 4.69) is 9.47 Å². The van der Waals surface area contributed by atoms with Crippen molar-refractivity contribution in [1.82, 2.24) is 0 Å². The number of esters is 1. The molecule has 3 nitrogen and oxygen atoms in total. The highest BCUT2D eigenvalue weighted by Gasteiger charge is 1.85. The molecule has 0 N–H and O–H groups in total. The Hall–Kier alpha value is -1.25. The maximum absolute atomic E-state index is 10.4. The number of methoxy groups -OCH3 is 2. The van der Waals surface area contributed by atoms with E-state index in [-0.39, 0.29) is 5.97 Å². The van der Waals surface area contributed by atoms with Crippen LogP contribution in [0.15, 0.2) is 24.5 Å². The van der Waals surface area contributed by atoms with E-state index in [0.717, 1.165) is 0 Å². The van der Waals surface area contributed by atoms with Gasteiger partial charge >= 0.3 is 5.97 Å². The standard InChI is InChI=1S/C7H10O3/c1-9-6-4-3-5-7(8)10-2/h3-6H,1-2H3/b5-3+,6-4+. The number of carbonyl (C=O) groups excluding carboxylic acids is 1. The van der Waals surface area contributed by atoms with Gasteiger partial charge in [0.05, 0.1) is 20.5 Å². The van der Waals surface area contributed by atoms with Crippen LogP contribution in [-0.2, 0) is 14.3 Å². The van der Waals surface area contributed by atoms with E-state index in [4.69, 9.17) is 0 Å². The zero-order valence-electron chi connectivity index (χ0n) is 6.03. The Kier molecular flexibility index (Phi) is 5.14. The summed E-state index contributed by atoms with van der Waals surface area (Å²) >= 11 is 0. The zero-order chi connectivity index (χ0) is 7.82. The predicted molar refractivity (Wildman–Crippen MR) is 37.3 cm³/mol. The second kappa shape index (κ2) is 5.88. The Morgan fingerprint density at radius 3 is 2.50 bits per heavy atom. The van der Waals surface area contributed by atoms with Gasteiger partial charge in [-0.05, 0) is 6.08 Å². The summed E-state index contributed by atoms with van der Waals surface area (Å²) in [6.07, 6.45) is 5.89. The maximum Gasteiger partial charge on any atom is 0.330 e. The zero-order valence-corrected chi connectivity index (χ0v) is 6.03. The van der Waals surface area contributed by atoms with Gasteiger partial charge in [0.25, 0.3) is 0 Å². The average molecular weight is 142 g/mol. The van der Waals surface area contributed by atoms with Crippen molar-refractivity contribution in [1.29, 1.82) is 0 Å². The normalized spacial score (nSPS) is 10.6. The third kappa shape index (κ3) is 4.90. The van der Waals surface area contributed by atoms with Gasteiger partial charge in [0.2, 0.25) is 0 Å². The monoisotopic (exact) mass is 142 g/mol. The van der Waals surface area contributed by atoms with E-state index in [0.29, 0.717) is 0 Å². The van der Waals surface area contributed by atoms with E-state index in [9.17, 15) is 4.79 Å². The molecule has 0 aromatic rings. The SMILES string of the molecule is CO/C=C/C=C/C(=O)OC. The Morgan fingerprint density at radius 1 is 1.30 bits per heavy atom. The highest BCUT2D eigenvalue weighted by molar-refractivity contribution is 5.82. The lowest BCUT2D eigenvalue weighted by Crippen LogP contribution is -1.92. The quantitative estimate of drug-likeness (QED) is 0.254. The summed E-state index contributed by atoms with van der Waals surface area (Å²) in [5.41, 5.74) is 0. The second-order valence-corrected chi connectivity index (χ2v) is 1.45. The van der Waals surface area contributed by atoms with Crippen LogP contribution in [0.3, 0.4) is 0 Å². The van der Waals surface area contributed by atoms with Crippen LogP contribution >= 0.6 is 0 Å². The summed E-state index contributed by atoms with van der Waals surface area (Å²) < 4.78 is 8.90. The molecule has 0 aliphatic carbocycles. The number of rotatable bonds is 3. The molecule has 0 aromatic carbocycles. The van der Waals surface area contributed by atoms with Crippen molar-refractivity contribution in [3.8, 4) is 0 Å². The molecule has 0 aliphatic heterocycles. The number of allylic oxidation sites excluding steroid dienone is 2. The first-order chi connectivity index (χ1) is 4.81. The number of hydrogen-bond acceptors (Lipinski definition) is 3. The molecular weight excluding hydrogens is 132 g/mol. The first-order valence-electron chi connectivity index (χ1n) is 2.75. The number of carbonyl (C=O) groups is 1. The van der Waals surface area contributed by atoms with Crippen LogP contribution < -0.4 is 0 Å². The van der Waals surface area contributed by atoms with Gasteiger partial charge in [0, 0.05) is 6.08 Å². The predicted octanol–water partition coefficient (Wildman–Crippen LogP) is 0.876. The van der Waals surface area contributed by atoms with Crippen molar-refractivity contribution in [2.75, 3.05) is 14.2 Å². The molecule has 10 heavy (non-hydrogen) atoms. The molecule has 0 aliphatic rings. The molecule has 0 aromatic heterocycles. The van der Waals surface area contributed by atoms with E-state index in [1.54, 1.807) is 6.08 Å². The molecule has 0 radical (unpaired) electrons. The Balaban J connectivity index is 3.55. The first-order valence-corrected chi connectivity index (χ1v) is 2.75. The molecular formula is C7H10O3. The van der Waals surface area contributed by atoms with Gasteiger partial charge in [-0.3, -0.25) is 0 Å². The van der Waals surface area contributed by atoms with Gasteiger partial charge in [-0.25, -0.2) is 4.79 Å². The Morgan fingerprint density at radius 2 is 2.00 bits per heavy atom. The lowest BCUT2D eigenvalue weighted by molar-refractivity contribution is -0.134. The summed E-state index contributed by atoms with van der Waals surface area (Å²) in [4.78, 5) is 10.4. The van der Waals surface area contributed by atoms with E-state index >= 15 is 0 Å². The van der Waals surface area contributed by atoms with Crippen molar-refractivity contribution < 1.29 is 14.3 Å². The molecule has 0 amide bonds. The molecule has 0 atom stereocenters. The first kappa shape index (κ1) is 8.75. The smallest absolute Gasteiger partial charge is 0.330 e. The van der Waals surface area contributed by atoms with Crippen LogP contribution in [-0.4, -0.2) is 20.2 Å². The lowest BCUT2D eigenvalue weighted by atomic mass is 10.5. The van der Waals surface area contributed by atoms with Crippen LogP contribution in [0.5, 0.6) is 0 Å².